The number of nitrogens with zero attached hydrogens (tertiary/aromatic N) is 1. The van der Waals surface area contributed by atoms with E-state index in [2.05, 4.69) is 72.0 Å². The Morgan fingerprint density at radius 2 is 1.71 bits per heavy atom. The number of aromatic nitrogens is 1. The van der Waals surface area contributed by atoms with Gasteiger partial charge in [0.05, 0.1) is 5.52 Å². The molecule has 102 valence electrons. The number of allylic oxidation sites excluding steroid dienone is 1. The molecule has 21 heavy (non-hydrogen) atoms. The van der Waals surface area contributed by atoms with Crippen LogP contribution in [0.2, 0.25) is 0 Å². The Morgan fingerprint density at radius 3 is 2.43 bits per heavy atom. The second-order valence-corrected chi connectivity index (χ2v) is 5.16. The number of benzene rings is 2. The summed E-state index contributed by atoms with van der Waals surface area (Å²) < 4.78 is 2.28. The van der Waals surface area contributed by atoms with E-state index in [4.69, 9.17) is 6.42 Å². The Kier molecular flexibility index (Phi) is 3.38. The summed E-state index contributed by atoms with van der Waals surface area (Å²) in [6, 6.07) is 18.9. The van der Waals surface area contributed by atoms with E-state index >= 15 is 0 Å². The van der Waals surface area contributed by atoms with Crippen LogP contribution in [0.15, 0.2) is 60.2 Å². The molecule has 0 aliphatic heterocycles. The number of terminal acetylenes is 1. The highest BCUT2D eigenvalue weighted by Gasteiger charge is 2.13. The van der Waals surface area contributed by atoms with Gasteiger partial charge in [0.15, 0.2) is 0 Å². The van der Waals surface area contributed by atoms with E-state index in [9.17, 15) is 0 Å². The molecule has 1 aromatic heterocycles. The summed E-state index contributed by atoms with van der Waals surface area (Å²) in [5.74, 6) is 2.71. The van der Waals surface area contributed by atoms with Crippen LogP contribution in [-0.2, 0) is 0 Å². The van der Waals surface area contributed by atoms with Crippen LogP contribution in [0.1, 0.15) is 18.2 Å². The van der Waals surface area contributed by atoms with Gasteiger partial charge < -0.3 is 4.57 Å². The minimum atomic E-state index is 0.939. The van der Waals surface area contributed by atoms with E-state index < -0.39 is 0 Å². The van der Waals surface area contributed by atoms with Crippen molar-refractivity contribution in [3.8, 4) is 18.0 Å². The second-order valence-electron chi connectivity index (χ2n) is 5.16. The van der Waals surface area contributed by atoms with Gasteiger partial charge in [-0.15, -0.1) is 6.42 Å². The third-order valence-electron chi connectivity index (χ3n) is 3.76. The molecule has 0 bridgehead atoms. The van der Waals surface area contributed by atoms with E-state index in [1.165, 1.54) is 27.8 Å². The number of fused-ring (bicyclic) bond motifs is 1. The number of para-hydroxylation sites is 2. The molecule has 0 unspecified atom stereocenters. The van der Waals surface area contributed by atoms with Gasteiger partial charge in [0.25, 0.3) is 0 Å². The second kappa shape index (κ2) is 5.34. The largest absolute Gasteiger partial charge is 0.313 e. The maximum atomic E-state index is 5.51. The summed E-state index contributed by atoms with van der Waals surface area (Å²) in [4.78, 5) is 0. The molecule has 2 aromatic carbocycles. The fourth-order valence-electron chi connectivity index (χ4n) is 2.74. The predicted octanol–water partition coefficient (Wildman–Crippen LogP) is 4.98. The molecule has 0 fully saturated rings. The molecule has 3 rings (SSSR count). The minimum Gasteiger partial charge on any atom is -0.313 e. The highest BCUT2D eigenvalue weighted by molar-refractivity contribution is 5.93. The van der Waals surface area contributed by atoms with Crippen molar-refractivity contribution in [3.63, 3.8) is 0 Å². The molecule has 0 aliphatic rings. The lowest BCUT2D eigenvalue weighted by Crippen LogP contribution is -1.96. The highest BCUT2D eigenvalue weighted by atomic mass is 15.0. The summed E-state index contributed by atoms with van der Waals surface area (Å²) in [6.45, 7) is 4.11. The topological polar surface area (TPSA) is 4.93 Å². The summed E-state index contributed by atoms with van der Waals surface area (Å²) in [5.41, 5.74) is 5.72. The van der Waals surface area contributed by atoms with Crippen LogP contribution < -0.4 is 0 Å². The molecule has 1 nitrogen and oxygen atoms in total. The first kappa shape index (κ1) is 13.3. The monoisotopic (exact) mass is 271 g/mol. The summed E-state index contributed by atoms with van der Waals surface area (Å²) >= 11 is 0. The van der Waals surface area contributed by atoms with E-state index in [1.54, 1.807) is 0 Å². The fraction of sp³-hybridized carbons (Fsp3) is 0.100. The first-order valence-electron chi connectivity index (χ1n) is 7.02. The maximum absolute atomic E-state index is 5.51. The SMILES string of the molecule is C#C/C(C)=C/c1c(C)n(-c2ccccc2)c2ccccc12. The molecule has 0 N–H and O–H groups in total. The number of rotatable bonds is 2. The number of hydrogen-bond acceptors (Lipinski definition) is 0. The van der Waals surface area contributed by atoms with E-state index in [1.807, 2.05) is 13.0 Å². The van der Waals surface area contributed by atoms with Crippen LogP contribution in [0.25, 0.3) is 22.7 Å². The molecular weight excluding hydrogens is 254 g/mol. The lowest BCUT2D eigenvalue weighted by molar-refractivity contribution is 1.05. The van der Waals surface area contributed by atoms with Crippen LogP contribution >= 0.6 is 0 Å². The molecule has 0 saturated heterocycles. The van der Waals surface area contributed by atoms with Crippen LogP contribution in [0.4, 0.5) is 0 Å². The average molecular weight is 271 g/mol. The van der Waals surface area contributed by atoms with Crippen molar-refractivity contribution in [2.24, 2.45) is 0 Å². The summed E-state index contributed by atoms with van der Waals surface area (Å²) in [7, 11) is 0. The maximum Gasteiger partial charge on any atom is 0.0537 e. The smallest absolute Gasteiger partial charge is 0.0537 e. The lowest BCUT2D eigenvalue weighted by atomic mass is 10.1. The molecule has 3 aromatic rings. The Bertz CT molecular complexity index is 858. The third kappa shape index (κ3) is 2.26. The fourth-order valence-corrected chi connectivity index (χ4v) is 2.74. The van der Waals surface area contributed by atoms with Crippen molar-refractivity contribution in [1.82, 2.24) is 4.57 Å². The minimum absolute atomic E-state index is 0.939. The molecule has 1 heterocycles. The van der Waals surface area contributed by atoms with E-state index in [0.29, 0.717) is 0 Å². The third-order valence-corrected chi connectivity index (χ3v) is 3.76. The number of hydrogen-bond donors (Lipinski definition) is 0. The Balaban J connectivity index is 2.37. The van der Waals surface area contributed by atoms with Gasteiger partial charge in [-0.05, 0) is 43.7 Å². The van der Waals surface area contributed by atoms with Crippen LogP contribution in [0.5, 0.6) is 0 Å². The summed E-state index contributed by atoms with van der Waals surface area (Å²) in [6.07, 6.45) is 7.60. The molecule has 1 heteroatoms. The van der Waals surface area contributed by atoms with Gasteiger partial charge in [0.1, 0.15) is 0 Å². The normalized spacial score (nSPS) is 11.6. The van der Waals surface area contributed by atoms with Crippen molar-refractivity contribution in [2.75, 3.05) is 0 Å². The molecule has 0 saturated carbocycles. The van der Waals surface area contributed by atoms with Gasteiger partial charge in [-0.1, -0.05) is 42.3 Å². The van der Waals surface area contributed by atoms with Crippen LogP contribution in [0.3, 0.4) is 0 Å². The first-order chi connectivity index (χ1) is 10.2. The van der Waals surface area contributed by atoms with E-state index in [-0.39, 0.29) is 0 Å². The molecule has 0 radical (unpaired) electrons. The zero-order valence-electron chi connectivity index (χ0n) is 12.3. The van der Waals surface area contributed by atoms with Gasteiger partial charge in [-0.25, -0.2) is 0 Å². The quantitative estimate of drug-likeness (QED) is 0.580. The van der Waals surface area contributed by atoms with Crippen molar-refractivity contribution in [1.29, 1.82) is 0 Å². The predicted molar refractivity (Wildman–Crippen MR) is 90.5 cm³/mol. The van der Waals surface area contributed by atoms with Crippen molar-refractivity contribution in [2.45, 2.75) is 13.8 Å². The van der Waals surface area contributed by atoms with E-state index in [0.717, 1.165) is 5.57 Å². The van der Waals surface area contributed by atoms with Crippen molar-refractivity contribution < 1.29 is 0 Å². The lowest BCUT2D eigenvalue weighted by Gasteiger charge is -2.08. The van der Waals surface area contributed by atoms with Crippen molar-refractivity contribution >= 4 is 17.0 Å². The average Bonchev–Trinajstić information content (AvgIpc) is 2.80. The van der Waals surface area contributed by atoms with Crippen LogP contribution in [0, 0.1) is 19.3 Å². The van der Waals surface area contributed by atoms with Gasteiger partial charge in [0, 0.05) is 22.3 Å². The molecule has 0 aliphatic carbocycles. The summed E-state index contributed by atoms with van der Waals surface area (Å²) in [5, 5.41) is 1.23. The first-order valence-corrected chi connectivity index (χ1v) is 7.02. The van der Waals surface area contributed by atoms with Crippen molar-refractivity contribution in [3.05, 3.63) is 71.4 Å². The van der Waals surface area contributed by atoms with Gasteiger partial charge in [-0.2, -0.15) is 0 Å². The Morgan fingerprint density at radius 1 is 1.05 bits per heavy atom. The molecule has 0 atom stereocenters. The van der Waals surface area contributed by atoms with Gasteiger partial charge in [-0.3, -0.25) is 0 Å². The molecular formula is C20H17N. The zero-order valence-corrected chi connectivity index (χ0v) is 12.3. The Hall–Kier alpha value is -2.72. The zero-order chi connectivity index (χ0) is 14.8. The molecule has 0 spiro atoms. The van der Waals surface area contributed by atoms with Crippen LogP contribution in [-0.4, -0.2) is 4.57 Å². The standard InChI is InChI=1S/C20H17N/c1-4-15(2)14-19-16(3)21(17-10-6-5-7-11-17)20-13-9-8-12-18(19)20/h1,5-14H,2-3H3/b15-14+. The molecule has 0 amide bonds. The van der Waals surface area contributed by atoms with Gasteiger partial charge >= 0.3 is 0 Å². The Labute approximate surface area is 125 Å². The highest BCUT2D eigenvalue weighted by Crippen LogP contribution is 2.30. The van der Waals surface area contributed by atoms with Gasteiger partial charge in [0.2, 0.25) is 0 Å².